The molecule has 1 unspecified atom stereocenters. The van der Waals surface area contributed by atoms with E-state index in [2.05, 4.69) is 16.3 Å². The Morgan fingerprint density at radius 2 is 2.60 bits per heavy atom. The number of nitriles is 1. The van der Waals surface area contributed by atoms with E-state index in [1.54, 1.807) is 11.8 Å². The fourth-order valence-corrected chi connectivity index (χ4v) is 1.87. The van der Waals surface area contributed by atoms with Gasteiger partial charge in [-0.15, -0.1) is 0 Å². The average Bonchev–Trinajstić information content (AvgIpc) is 2.84. The first kappa shape index (κ1) is 9.71. The van der Waals surface area contributed by atoms with E-state index >= 15 is 0 Å². The van der Waals surface area contributed by atoms with Gasteiger partial charge in [-0.05, 0) is 19.8 Å². The van der Waals surface area contributed by atoms with Gasteiger partial charge in [0, 0.05) is 12.2 Å². The topological polar surface area (TPSA) is 72.8 Å². The molecule has 1 aliphatic rings. The molecule has 78 valence electrons. The number of nitrogens with one attached hydrogen (secondary N) is 1. The van der Waals surface area contributed by atoms with E-state index in [4.69, 9.17) is 5.26 Å². The second-order valence-electron chi connectivity index (χ2n) is 3.69. The summed E-state index contributed by atoms with van der Waals surface area (Å²) in [5.74, 6) is -0.0923. The van der Waals surface area contributed by atoms with E-state index in [0.717, 1.165) is 18.5 Å². The Balaban J connectivity index is 2.22. The number of carbonyl (C=O) groups is 1. The zero-order valence-corrected chi connectivity index (χ0v) is 8.53. The minimum Gasteiger partial charge on any atom is -0.323 e. The lowest BCUT2D eigenvalue weighted by atomic mass is 10.2. The summed E-state index contributed by atoms with van der Waals surface area (Å²) in [4.78, 5) is 13.6. The summed E-state index contributed by atoms with van der Waals surface area (Å²) in [5, 5.41) is 15.4. The zero-order chi connectivity index (χ0) is 10.8. The molecule has 0 saturated carbocycles. The molecule has 1 saturated heterocycles. The van der Waals surface area contributed by atoms with E-state index in [1.807, 2.05) is 0 Å². The van der Waals surface area contributed by atoms with Crippen LogP contribution in [0.4, 0.5) is 0 Å². The number of H-pyrrole nitrogens is 1. The minimum atomic E-state index is -0.271. The lowest BCUT2D eigenvalue weighted by Crippen LogP contribution is -2.34. The highest BCUT2D eigenvalue weighted by Crippen LogP contribution is 2.19. The molecule has 1 fully saturated rings. The van der Waals surface area contributed by atoms with Crippen LogP contribution in [-0.4, -0.2) is 33.6 Å². The molecule has 15 heavy (non-hydrogen) atoms. The molecule has 0 spiro atoms. The van der Waals surface area contributed by atoms with Gasteiger partial charge in [0.05, 0.1) is 17.8 Å². The molecule has 5 nitrogen and oxygen atoms in total. The molecule has 2 rings (SSSR count). The van der Waals surface area contributed by atoms with Crippen LogP contribution in [0.3, 0.4) is 0 Å². The van der Waals surface area contributed by atoms with E-state index in [0.29, 0.717) is 12.1 Å². The van der Waals surface area contributed by atoms with Crippen molar-refractivity contribution in [3.63, 3.8) is 0 Å². The molecule has 2 heterocycles. The molecule has 5 heteroatoms. The van der Waals surface area contributed by atoms with Crippen LogP contribution in [0.15, 0.2) is 6.20 Å². The van der Waals surface area contributed by atoms with Gasteiger partial charge in [0.15, 0.2) is 0 Å². The molecular formula is C10H12N4O. The van der Waals surface area contributed by atoms with E-state index in [1.165, 1.54) is 6.20 Å². The summed E-state index contributed by atoms with van der Waals surface area (Å²) in [7, 11) is 0. The zero-order valence-electron chi connectivity index (χ0n) is 8.53. The molecule has 1 aromatic heterocycles. The molecule has 0 aromatic carbocycles. The van der Waals surface area contributed by atoms with Crippen LogP contribution in [-0.2, 0) is 0 Å². The van der Waals surface area contributed by atoms with Crippen molar-refractivity contribution in [1.29, 1.82) is 5.26 Å². The van der Waals surface area contributed by atoms with Gasteiger partial charge in [-0.25, -0.2) is 0 Å². The fourth-order valence-electron chi connectivity index (χ4n) is 1.87. The SMILES string of the molecule is Cc1[nH]ncc1C(=O)N1CCCC1C#N. The Kier molecular flexibility index (Phi) is 2.42. The standard InChI is InChI=1S/C10H12N4O/c1-7-9(6-12-13-7)10(15)14-4-2-3-8(14)5-11/h6,8H,2-4H2,1H3,(H,12,13). The molecule has 1 amide bonds. The Hall–Kier alpha value is -1.83. The number of aryl methyl sites for hydroxylation is 1. The van der Waals surface area contributed by atoms with Gasteiger partial charge in [0.2, 0.25) is 0 Å². The van der Waals surface area contributed by atoms with Crippen molar-refractivity contribution in [3.05, 3.63) is 17.5 Å². The van der Waals surface area contributed by atoms with Gasteiger partial charge in [0.1, 0.15) is 6.04 Å². The molecule has 1 N–H and O–H groups in total. The quantitative estimate of drug-likeness (QED) is 0.736. The Morgan fingerprint density at radius 3 is 3.20 bits per heavy atom. The van der Waals surface area contributed by atoms with E-state index < -0.39 is 0 Å². The van der Waals surface area contributed by atoms with E-state index in [-0.39, 0.29) is 11.9 Å². The Labute approximate surface area is 87.7 Å². The largest absolute Gasteiger partial charge is 0.323 e. The number of hydrogen-bond acceptors (Lipinski definition) is 3. The van der Waals surface area contributed by atoms with Crippen LogP contribution in [0.25, 0.3) is 0 Å². The molecule has 1 aromatic rings. The normalized spacial score (nSPS) is 20.3. The van der Waals surface area contributed by atoms with Gasteiger partial charge in [-0.1, -0.05) is 0 Å². The first-order valence-corrected chi connectivity index (χ1v) is 4.94. The monoisotopic (exact) mass is 204 g/mol. The van der Waals surface area contributed by atoms with Gasteiger partial charge < -0.3 is 4.90 Å². The highest BCUT2D eigenvalue weighted by molar-refractivity contribution is 5.95. The van der Waals surface area contributed by atoms with Gasteiger partial charge in [-0.2, -0.15) is 10.4 Å². The third-order valence-electron chi connectivity index (χ3n) is 2.72. The second kappa shape index (κ2) is 3.73. The number of rotatable bonds is 1. The first-order valence-electron chi connectivity index (χ1n) is 4.94. The van der Waals surface area contributed by atoms with Crippen molar-refractivity contribution in [3.8, 4) is 6.07 Å². The summed E-state index contributed by atoms with van der Waals surface area (Å²) < 4.78 is 0. The molecule has 0 radical (unpaired) electrons. The predicted octanol–water partition coefficient (Wildman–Crippen LogP) is 0.846. The third kappa shape index (κ3) is 1.59. The number of likely N-dealkylation sites (tertiary alicyclic amines) is 1. The maximum Gasteiger partial charge on any atom is 0.258 e. The van der Waals surface area contributed by atoms with Gasteiger partial charge in [0.25, 0.3) is 5.91 Å². The molecule has 1 aliphatic heterocycles. The number of nitrogens with zero attached hydrogens (tertiary/aromatic N) is 3. The summed E-state index contributed by atoms with van der Waals surface area (Å²) in [6.45, 7) is 2.47. The van der Waals surface area contributed by atoms with Crippen LogP contribution in [0.5, 0.6) is 0 Å². The number of aromatic nitrogens is 2. The third-order valence-corrected chi connectivity index (χ3v) is 2.72. The minimum absolute atomic E-state index is 0.0923. The smallest absolute Gasteiger partial charge is 0.258 e. The van der Waals surface area contributed by atoms with Crippen LogP contribution >= 0.6 is 0 Å². The van der Waals surface area contributed by atoms with Crippen molar-refractivity contribution < 1.29 is 4.79 Å². The summed E-state index contributed by atoms with van der Waals surface area (Å²) in [6, 6.07) is 1.88. The average molecular weight is 204 g/mol. The second-order valence-corrected chi connectivity index (χ2v) is 3.69. The highest BCUT2D eigenvalue weighted by atomic mass is 16.2. The van der Waals surface area contributed by atoms with Crippen molar-refractivity contribution >= 4 is 5.91 Å². The Morgan fingerprint density at radius 1 is 1.80 bits per heavy atom. The van der Waals surface area contributed by atoms with Crippen molar-refractivity contribution in [1.82, 2.24) is 15.1 Å². The molecule has 1 atom stereocenters. The van der Waals surface area contributed by atoms with E-state index in [9.17, 15) is 4.79 Å². The lowest BCUT2D eigenvalue weighted by Gasteiger charge is -2.18. The van der Waals surface area contributed by atoms with Crippen molar-refractivity contribution in [2.75, 3.05) is 6.54 Å². The number of carbonyl (C=O) groups excluding carboxylic acids is 1. The van der Waals surface area contributed by atoms with Gasteiger partial charge >= 0.3 is 0 Å². The molecule has 0 aliphatic carbocycles. The van der Waals surface area contributed by atoms with Gasteiger partial charge in [-0.3, -0.25) is 9.89 Å². The Bertz CT molecular complexity index is 417. The first-order chi connectivity index (χ1) is 7.24. The summed E-state index contributed by atoms with van der Waals surface area (Å²) >= 11 is 0. The van der Waals surface area contributed by atoms with Crippen LogP contribution < -0.4 is 0 Å². The van der Waals surface area contributed by atoms with Crippen molar-refractivity contribution in [2.45, 2.75) is 25.8 Å². The fraction of sp³-hybridized carbons (Fsp3) is 0.500. The number of hydrogen-bond donors (Lipinski definition) is 1. The number of aromatic amines is 1. The van der Waals surface area contributed by atoms with Crippen molar-refractivity contribution in [2.24, 2.45) is 0 Å². The van der Waals surface area contributed by atoms with Crippen LogP contribution in [0.1, 0.15) is 28.9 Å². The predicted molar refractivity (Wildman–Crippen MR) is 53.0 cm³/mol. The lowest BCUT2D eigenvalue weighted by molar-refractivity contribution is 0.0764. The maximum absolute atomic E-state index is 12.0. The molecular weight excluding hydrogens is 192 g/mol. The highest BCUT2D eigenvalue weighted by Gasteiger charge is 2.30. The molecule has 0 bridgehead atoms. The number of amides is 1. The maximum atomic E-state index is 12.0. The van der Waals surface area contributed by atoms with Crippen LogP contribution in [0, 0.1) is 18.3 Å². The summed E-state index contributed by atoms with van der Waals surface area (Å²) in [5.41, 5.74) is 1.32. The van der Waals surface area contributed by atoms with Crippen LogP contribution in [0.2, 0.25) is 0 Å². The summed E-state index contributed by atoms with van der Waals surface area (Å²) in [6.07, 6.45) is 3.20.